The summed E-state index contributed by atoms with van der Waals surface area (Å²) in [5.74, 6) is 1.54. The van der Waals surface area contributed by atoms with Gasteiger partial charge >= 0.3 is 0 Å². The molecule has 0 aromatic carbocycles. The Balaban J connectivity index is 2.20. The van der Waals surface area contributed by atoms with Crippen LogP contribution >= 0.6 is 0 Å². The summed E-state index contributed by atoms with van der Waals surface area (Å²) in [6.07, 6.45) is 6.08. The van der Waals surface area contributed by atoms with Gasteiger partial charge in [0.15, 0.2) is 0 Å². The third kappa shape index (κ3) is 2.80. The lowest BCUT2D eigenvalue weighted by atomic mass is 9.93. The number of nitrogens with zero attached hydrogens (tertiary/aromatic N) is 4. The summed E-state index contributed by atoms with van der Waals surface area (Å²) in [6.45, 7) is 6.86. The Morgan fingerprint density at radius 3 is 2.67 bits per heavy atom. The van der Waals surface area contributed by atoms with Crippen molar-refractivity contribution in [2.24, 2.45) is 0 Å². The molecule has 0 radical (unpaired) electrons. The Kier molecular flexibility index (Phi) is 4.17. The summed E-state index contributed by atoms with van der Waals surface area (Å²) in [5.41, 5.74) is 1.16. The molecule has 1 atom stereocenters. The lowest BCUT2D eigenvalue weighted by molar-refractivity contribution is 0.166. The topological polar surface area (TPSA) is 32.3 Å². The van der Waals surface area contributed by atoms with Crippen LogP contribution in [0.2, 0.25) is 0 Å². The normalized spacial score (nSPS) is 21.3. The van der Waals surface area contributed by atoms with Gasteiger partial charge < -0.3 is 9.80 Å². The highest BCUT2D eigenvalue weighted by Crippen LogP contribution is 2.30. The number of piperidine rings is 1. The quantitative estimate of drug-likeness (QED) is 0.820. The molecule has 0 aliphatic carbocycles. The molecule has 1 fully saturated rings. The monoisotopic (exact) mass is 248 g/mol. The smallest absolute Gasteiger partial charge is 0.150 e. The molecule has 1 saturated heterocycles. The SMILES string of the molecule is CC(C)N1CCC[C@H](c2nccnc2N(C)C)C1. The highest BCUT2D eigenvalue weighted by atomic mass is 15.2. The summed E-state index contributed by atoms with van der Waals surface area (Å²) in [7, 11) is 4.08. The number of aromatic nitrogens is 2. The molecule has 100 valence electrons. The van der Waals surface area contributed by atoms with Crippen LogP contribution < -0.4 is 4.90 Å². The zero-order chi connectivity index (χ0) is 13.1. The summed E-state index contributed by atoms with van der Waals surface area (Å²) >= 11 is 0. The van der Waals surface area contributed by atoms with Gasteiger partial charge in [0.1, 0.15) is 5.82 Å². The maximum atomic E-state index is 4.59. The van der Waals surface area contributed by atoms with E-state index in [1.165, 1.54) is 19.4 Å². The molecule has 1 aliphatic heterocycles. The van der Waals surface area contributed by atoms with Gasteiger partial charge in [-0.2, -0.15) is 0 Å². The van der Waals surface area contributed by atoms with Crippen LogP contribution in [0.1, 0.15) is 38.3 Å². The van der Waals surface area contributed by atoms with E-state index in [4.69, 9.17) is 0 Å². The van der Waals surface area contributed by atoms with Crippen molar-refractivity contribution in [2.45, 2.75) is 38.6 Å². The Hall–Kier alpha value is -1.16. The van der Waals surface area contributed by atoms with E-state index < -0.39 is 0 Å². The molecule has 1 aliphatic rings. The standard InChI is InChI=1S/C14H24N4/c1-11(2)18-9-5-6-12(10-18)13-14(17(3)4)16-8-7-15-13/h7-8,11-12H,5-6,9-10H2,1-4H3/t12-/m0/s1. The van der Waals surface area contributed by atoms with Crippen molar-refractivity contribution in [2.75, 3.05) is 32.1 Å². The van der Waals surface area contributed by atoms with Crippen molar-refractivity contribution in [1.82, 2.24) is 14.9 Å². The van der Waals surface area contributed by atoms with E-state index in [0.29, 0.717) is 12.0 Å². The average molecular weight is 248 g/mol. The van der Waals surface area contributed by atoms with Gasteiger partial charge in [-0.15, -0.1) is 0 Å². The second kappa shape index (κ2) is 5.65. The van der Waals surface area contributed by atoms with E-state index in [2.05, 4.69) is 33.6 Å². The fourth-order valence-corrected chi connectivity index (χ4v) is 2.67. The molecule has 1 aromatic rings. The average Bonchev–Trinajstić information content (AvgIpc) is 2.39. The molecule has 0 saturated carbocycles. The molecule has 1 aromatic heterocycles. The Morgan fingerprint density at radius 1 is 1.28 bits per heavy atom. The second-order valence-corrected chi connectivity index (χ2v) is 5.59. The van der Waals surface area contributed by atoms with Gasteiger partial charge in [0.25, 0.3) is 0 Å². The highest BCUT2D eigenvalue weighted by molar-refractivity contribution is 5.43. The molecule has 2 rings (SSSR count). The van der Waals surface area contributed by atoms with Crippen molar-refractivity contribution in [3.63, 3.8) is 0 Å². The van der Waals surface area contributed by atoms with Crippen LogP contribution in [0.25, 0.3) is 0 Å². The Morgan fingerprint density at radius 2 is 2.00 bits per heavy atom. The number of anilines is 1. The number of hydrogen-bond donors (Lipinski definition) is 0. The third-order valence-corrected chi connectivity index (χ3v) is 3.70. The van der Waals surface area contributed by atoms with Crippen molar-refractivity contribution in [3.05, 3.63) is 18.1 Å². The van der Waals surface area contributed by atoms with E-state index in [9.17, 15) is 0 Å². The lowest BCUT2D eigenvalue weighted by Crippen LogP contribution is -2.39. The van der Waals surface area contributed by atoms with E-state index in [1.54, 1.807) is 6.20 Å². The third-order valence-electron chi connectivity index (χ3n) is 3.70. The molecule has 0 N–H and O–H groups in total. The van der Waals surface area contributed by atoms with E-state index in [1.807, 2.05) is 20.3 Å². The van der Waals surface area contributed by atoms with Crippen molar-refractivity contribution in [3.8, 4) is 0 Å². The predicted molar refractivity (Wildman–Crippen MR) is 75.0 cm³/mol. The maximum absolute atomic E-state index is 4.59. The summed E-state index contributed by atoms with van der Waals surface area (Å²) in [6, 6.07) is 0.618. The largest absolute Gasteiger partial charge is 0.361 e. The molecule has 0 amide bonds. The zero-order valence-corrected chi connectivity index (χ0v) is 11.9. The van der Waals surface area contributed by atoms with Gasteiger partial charge in [0.2, 0.25) is 0 Å². The van der Waals surface area contributed by atoms with Gasteiger partial charge in [-0.05, 0) is 33.2 Å². The van der Waals surface area contributed by atoms with Crippen LogP contribution in [0.15, 0.2) is 12.4 Å². The highest BCUT2D eigenvalue weighted by Gasteiger charge is 2.26. The van der Waals surface area contributed by atoms with Gasteiger partial charge in [-0.25, -0.2) is 4.98 Å². The van der Waals surface area contributed by atoms with E-state index in [-0.39, 0.29) is 0 Å². The first-order chi connectivity index (χ1) is 8.59. The number of likely N-dealkylation sites (tertiary alicyclic amines) is 1. The van der Waals surface area contributed by atoms with Gasteiger partial charge in [-0.3, -0.25) is 4.98 Å². The molecule has 0 bridgehead atoms. The molecule has 4 heteroatoms. The lowest BCUT2D eigenvalue weighted by Gasteiger charge is -2.35. The zero-order valence-electron chi connectivity index (χ0n) is 11.9. The van der Waals surface area contributed by atoms with Crippen molar-refractivity contribution in [1.29, 1.82) is 0 Å². The van der Waals surface area contributed by atoms with Crippen LogP contribution in [0.3, 0.4) is 0 Å². The molecule has 0 unspecified atom stereocenters. The molecule has 18 heavy (non-hydrogen) atoms. The molecule has 4 nitrogen and oxygen atoms in total. The first-order valence-corrected chi connectivity index (χ1v) is 6.82. The van der Waals surface area contributed by atoms with Crippen LogP contribution in [0, 0.1) is 0 Å². The summed E-state index contributed by atoms with van der Waals surface area (Å²) < 4.78 is 0. The molecule has 2 heterocycles. The van der Waals surface area contributed by atoms with Gasteiger partial charge in [0.05, 0.1) is 5.69 Å². The van der Waals surface area contributed by atoms with Crippen LogP contribution in [0.4, 0.5) is 5.82 Å². The minimum Gasteiger partial charge on any atom is -0.361 e. The fraction of sp³-hybridized carbons (Fsp3) is 0.714. The summed E-state index contributed by atoms with van der Waals surface area (Å²) in [4.78, 5) is 13.7. The molecule has 0 spiro atoms. The van der Waals surface area contributed by atoms with Crippen LogP contribution in [0.5, 0.6) is 0 Å². The second-order valence-electron chi connectivity index (χ2n) is 5.59. The van der Waals surface area contributed by atoms with Crippen molar-refractivity contribution >= 4 is 5.82 Å². The fourth-order valence-electron chi connectivity index (χ4n) is 2.67. The number of rotatable bonds is 3. The van der Waals surface area contributed by atoms with Crippen molar-refractivity contribution < 1.29 is 0 Å². The minimum atomic E-state index is 0.521. The molecular formula is C14H24N4. The van der Waals surface area contributed by atoms with E-state index in [0.717, 1.165) is 18.1 Å². The van der Waals surface area contributed by atoms with Gasteiger partial charge in [-0.1, -0.05) is 0 Å². The Bertz CT molecular complexity index is 389. The van der Waals surface area contributed by atoms with E-state index >= 15 is 0 Å². The summed E-state index contributed by atoms with van der Waals surface area (Å²) in [5, 5.41) is 0. The Labute approximate surface area is 110 Å². The first kappa shape index (κ1) is 13.3. The van der Waals surface area contributed by atoms with Gasteiger partial charge in [0, 0.05) is 45.0 Å². The van der Waals surface area contributed by atoms with Crippen LogP contribution in [-0.2, 0) is 0 Å². The first-order valence-electron chi connectivity index (χ1n) is 6.82. The van der Waals surface area contributed by atoms with Crippen LogP contribution in [-0.4, -0.2) is 48.1 Å². The molecular weight excluding hydrogens is 224 g/mol. The predicted octanol–water partition coefficient (Wildman–Crippen LogP) is 2.13. The number of hydrogen-bond acceptors (Lipinski definition) is 4. The minimum absolute atomic E-state index is 0.521. The maximum Gasteiger partial charge on any atom is 0.150 e.